The van der Waals surface area contributed by atoms with E-state index in [9.17, 15) is 5.26 Å². The number of pyridine rings is 1. The van der Waals surface area contributed by atoms with E-state index in [1.807, 2.05) is 42.5 Å². The predicted octanol–water partition coefficient (Wildman–Crippen LogP) is 3.92. The largest absolute Gasteiger partial charge is 0.497 e. The molecular formula is C23H24N4O. The molecule has 1 fully saturated rings. The number of hydrogen-bond acceptors (Lipinski definition) is 5. The van der Waals surface area contributed by atoms with Crippen LogP contribution in [-0.2, 0) is 0 Å². The van der Waals surface area contributed by atoms with Gasteiger partial charge in [-0.25, -0.2) is 4.98 Å². The molecule has 2 aromatic carbocycles. The van der Waals surface area contributed by atoms with Crippen LogP contribution in [0.1, 0.15) is 12.1 Å². The second-order valence-electron chi connectivity index (χ2n) is 7.40. The van der Waals surface area contributed by atoms with Crippen molar-refractivity contribution in [2.75, 3.05) is 39.2 Å². The van der Waals surface area contributed by atoms with Crippen LogP contribution in [0.25, 0.3) is 21.9 Å². The van der Waals surface area contributed by atoms with Crippen LogP contribution in [0.3, 0.4) is 0 Å². The molecule has 0 amide bonds. The highest BCUT2D eigenvalue weighted by Crippen LogP contribution is 2.38. The van der Waals surface area contributed by atoms with Crippen molar-refractivity contribution in [1.29, 1.82) is 5.26 Å². The maximum absolute atomic E-state index is 9.90. The van der Waals surface area contributed by atoms with Crippen molar-refractivity contribution in [3.63, 3.8) is 0 Å². The smallest absolute Gasteiger partial charge is 0.151 e. The van der Waals surface area contributed by atoms with E-state index in [1.54, 1.807) is 7.11 Å². The molecular weight excluding hydrogens is 348 g/mol. The van der Waals surface area contributed by atoms with Gasteiger partial charge >= 0.3 is 0 Å². The molecule has 0 bridgehead atoms. The first-order valence-corrected chi connectivity index (χ1v) is 9.51. The average molecular weight is 372 g/mol. The zero-order chi connectivity index (χ0) is 19.7. The third-order valence-corrected chi connectivity index (χ3v) is 5.55. The molecule has 0 radical (unpaired) electrons. The number of likely N-dealkylation sites (N-methyl/N-ethyl adjacent to an activating group) is 1. The Balaban J connectivity index is 1.95. The molecule has 5 heteroatoms. The van der Waals surface area contributed by atoms with E-state index >= 15 is 0 Å². The molecule has 0 N–H and O–H groups in total. The third-order valence-electron chi connectivity index (χ3n) is 5.55. The van der Waals surface area contributed by atoms with Crippen LogP contribution in [0.4, 0.5) is 5.82 Å². The molecule has 142 valence electrons. The van der Waals surface area contributed by atoms with Crippen molar-refractivity contribution in [1.82, 2.24) is 9.88 Å². The van der Waals surface area contributed by atoms with Crippen LogP contribution >= 0.6 is 0 Å². The second kappa shape index (κ2) is 7.49. The Morgan fingerprint density at radius 2 is 1.93 bits per heavy atom. The van der Waals surface area contributed by atoms with Crippen molar-refractivity contribution >= 4 is 16.6 Å². The van der Waals surface area contributed by atoms with Crippen LogP contribution in [-0.4, -0.2) is 50.2 Å². The number of nitrogens with zero attached hydrogens (tertiary/aromatic N) is 4. The number of anilines is 1. The first-order chi connectivity index (χ1) is 13.6. The molecule has 1 aromatic heterocycles. The molecule has 28 heavy (non-hydrogen) atoms. The van der Waals surface area contributed by atoms with Gasteiger partial charge in [-0.1, -0.05) is 30.3 Å². The van der Waals surface area contributed by atoms with Gasteiger partial charge in [0, 0.05) is 30.1 Å². The van der Waals surface area contributed by atoms with Gasteiger partial charge in [0.15, 0.2) is 5.69 Å². The zero-order valence-electron chi connectivity index (χ0n) is 16.5. The number of ether oxygens (including phenoxy) is 1. The van der Waals surface area contributed by atoms with Crippen LogP contribution in [0, 0.1) is 11.3 Å². The zero-order valence-corrected chi connectivity index (χ0v) is 16.5. The standard InChI is InChI=1S/C23H24N4O/c1-26(2)17-11-12-27(15-17)23-19-10-9-18(28-3)13-20(19)22(21(14-24)25-23)16-7-5-4-6-8-16/h4-10,13,17H,11-12,15H2,1-3H3. The topological polar surface area (TPSA) is 52.4 Å². The van der Waals surface area contributed by atoms with E-state index < -0.39 is 0 Å². The summed E-state index contributed by atoms with van der Waals surface area (Å²) in [6, 6.07) is 18.9. The van der Waals surface area contributed by atoms with Crippen molar-refractivity contribution in [2.45, 2.75) is 12.5 Å². The predicted molar refractivity (Wildman–Crippen MR) is 113 cm³/mol. The fraction of sp³-hybridized carbons (Fsp3) is 0.304. The molecule has 0 aliphatic carbocycles. The second-order valence-corrected chi connectivity index (χ2v) is 7.40. The van der Waals surface area contributed by atoms with E-state index in [0.29, 0.717) is 11.7 Å². The molecule has 1 saturated heterocycles. The fourth-order valence-corrected chi connectivity index (χ4v) is 3.98. The highest BCUT2D eigenvalue weighted by atomic mass is 16.5. The van der Waals surface area contributed by atoms with Crippen molar-refractivity contribution < 1.29 is 4.74 Å². The molecule has 4 rings (SSSR count). The maximum atomic E-state index is 9.90. The van der Waals surface area contributed by atoms with Gasteiger partial charge in [0.2, 0.25) is 0 Å². The molecule has 3 aromatic rings. The lowest BCUT2D eigenvalue weighted by Crippen LogP contribution is -2.31. The Labute approximate surface area is 165 Å². The van der Waals surface area contributed by atoms with Gasteiger partial charge in [0.25, 0.3) is 0 Å². The number of hydrogen-bond donors (Lipinski definition) is 0. The molecule has 1 unspecified atom stereocenters. The Hall–Kier alpha value is -3.10. The van der Waals surface area contributed by atoms with Crippen LogP contribution in [0.2, 0.25) is 0 Å². The van der Waals surface area contributed by atoms with Crippen LogP contribution < -0.4 is 9.64 Å². The minimum Gasteiger partial charge on any atom is -0.497 e. The monoisotopic (exact) mass is 372 g/mol. The summed E-state index contributed by atoms with van der Waals surface area (Å²) < 4.78 is 5.48. The van der Waals surface area contributed by atoms with Gasteiger partial charge in [0.1, 0.15) is 17.6 Å². The highest BCUT2D eigenvalue weighted by Gasteiger charge is 2.27. The number of aromatic nitrogens is 1. The summed E-state index contributed by atoms with van der Waals surface area (Å²) in [5.41, 5.74) is 2.31. The summed E-state index contributed by atoms with van der Waals surface area (Å²) >= 11 is 0. The summed E-state index contributed by atoms with van der Waals surface area (Å²) in [5.74, 6) is 1.66. The normalized spacial score (nSPS) is 16.5. The number of rotatable bonds is 4. The van der Waals surface area contributed by atoms with Crippen LogP contribution in [0.15, 0.2) is 48.5 Å². The Kier molecular flexibility index (Phi) is 4.89. The van der Waals surface area contributed by atoms with Gasteiger partial charge in [0.05, 0.1) is 7.11 Å². The summed E-state index contributed by atoms with van der Waals surface area (Å²) in [4.78, 5) is 9.39. The molecule has 1 aliphatic heterocycles. The van der Waals surface area contributed by atoms with Crippen LogP contribution in [0.5, 0.6) is 5.75 Å². The molecule has 0 spiro atoms. The number of nitriles is 1. The maximum Gasteiger partial charge on any atom is 0.151 e. The van der Waals surface area contributed by atoms with Crippen molar-refractivity contribution in [2.24, 2.45) is 0 Å². The molecule has 5 nitrogen and oxygen atoms in total. The lowest BCUT2D eigenvalue weighted by molar-refractivity contribution is 0.315. The Morgan fingerprint density at radius 3 is 2.57 bits per heavy atom. The summed E-state index contributed by atoms with van der Waals surface area (Å²) in [6.07, 6.45) is 1.09. The number of benzene rings is 2. The van der Waals surface area contributed by atoms with E-state index in [1.165, 1.54) is 0 Å². The van der Waals surface area contributed by atoms with Gasteiger partial charge in [-0.3, -0.25) is 0 Å². The molecule has 0 saturated carbocycles. The molecule has 1 atom stereocenters. The third kappa shape index (κ3) is 3.17. The number of fused-ring (bicyclic) bond motifs is 1. The Morgan fingerprint density at radius 1 is 1.14 bits per heavy atom. The summed E-state index contributed by atoms with van der Waals surface area (Å²) in [5, 5.41) is 12.0. The highest BCUT2D eigenvalue weighted by molar-refractivity contribution is 6.04. The van der Waals surface area contributed by atoms with Gasteiger partial charge in [-0.05, 0) is 49.7 Å². The molecule has 1 aliphatic rings. The van der Waals surface area contributed by atoms with Gasteiger partial charge in [-0.2, -0.15) is 5.26 Å². The van der Waals surface area contributed by atoms with Crippen molar-refractivity contribution in [3.05, 3.63) is 54.2 Å². The first kappa shape index (κ1) is 18.3. The lowest BCUT2D eigenvalue weighted by Gasteiger charge is -2.23. The minimum absolute atomic E-state index is 0.454. The van der Waals surface area contributed by atoms with E-state index in [2.05, 4.69) is 36.0 Å². The SMILES string of the molecule is COc1ccc2c(N3CCC(N(C)C)C3)nc(C#N)c(-c3ccccc3)c2c1. The first-order valence-electron chi connectivity index (χ1n) is 9.51. The fourth-order valence-electron chi connectivity index (χ4n) is 3.98. The summed E-state index contributed by atoms with van der Waals surface area (Å²) in [7, 11) is 5.90. The number of methoxy groups -OCH3 is 1. The van der Waals surface area contributed by atoms with E-state index in [0.717, 1.165) is 53.0 Å². The van der Waals surface area contributed by atoms with Gasteiger partial charge < -0.3 is 14.5 Å². The lowest BCUT2D eigenvalue weighted by atomic mass is 9.96. The minimum atomic E-state index is 0.454. The average Bonchev–Trinajstić information content (AvgIpc) is 3.23. The van der Waals surface area contributed by atoms with E-state index in [4.69, 9.17) is 9.72 Å². The van der Waals surface area contributed by atoms with E-state index in [-0.39, 0.29) is 0 Å². The van der Waals surface area contributed by atoms with Crippen molar-refractivity contribution in [3.8, 4) is 22.9 Å². The Bertz CT molecular complexity index is 1040. The van der Waals surface area contributed by atoms with Gasteiger partial charge in [-0.15, -0.1) is 0 Å². The molecule has 2 heterocycles. The summed E-state index contributed by atoms with van der Waals surface area (Å²) in [6.45, 7) is 1.85. The quantitative estimate of drug-likeness (QED) is 0.695.